The molecule has 0 saturated carbocycles. The van der Waals surface area contributed by atoms with E-state index in [1.807, 2.05) is 18.2 Å². The van der Waals surface area contributed by atoms with Crippen LogP contribution in [0.2, 0.25) is 0 Å². The topological polar surface area (TPSA) is 50.8 Å². The molecule has 2 aromatic rings. The number of aryl methyl sites for hydroxylation is 1. The molecule has 1 amide bonds. The number of methoxy groups -OCH3 is 2. The number of rotatable bonds is 5. The van der Waals surface area contributed by atoms with E-state index in [9.17, 15) is 4.79 Å². The summed E-state index contributed by atoms with van der Waals surface area (Å²) in [6.45, 7) is 1.24. The monoisotopic (exact) mass is 326 g/mol. The molecule has 24 heavy (non-hydrogen) atoms. The Bertz CT molecular complexity index is 730. The smallest absolute Gasteiger partial charge is 0.243 e. The Hall–Kier alpha value is -2.69. The van der Waals surface area contributed by atoms with Gasteiger partial charge in [-0.25, -0.2) is 0 Å². The third-order valence-corrected chi connectivity index (χ3v) is 4.21. The van der Waals surface area contributed by atoms with Crippen molar-refractivity contribution in [3.8, 4) is 11.5 Å². The summed E-state index contributed by atoms with van der Waals surface area (Å²) >= 11 is 0. The first-order valence-electron chi connectivity index (χ1n) is 8.06. The third kappa shape index (κ3) is 3.45. The number of fused-ring (bicyclic) bond motifs is 1. The zero-order valence-corrected chi connectivity index (χ0v) is 14.0. The summed E-state index contributed by atoms with van der Waals surface area (Å²) in [4.78, 5) is 14.6. The molecule has 0 spiro atoms. The fraction of sp³-hybridized carbons (Fsp3) is 0.316. The molecule has 0 unspecified atom stereocenters. The minimum Gasteiger partial charge on any atom is -0.493 e. The van der Waals surface area contributed by atoms with Crippen LogP contribution in [-0.2, 0) is 11.2 Å². The van der Waals surface area contributed by atoms with Crippen molar-refractivity contribution in [1.82, 2.24) is 0 Å². The average Bonchev–Trinajstić information content (AvgIpc) is 2.62. The second-order valence-corrected chi connectivity index (χ2v) is 5.77. The molecule has 5 nitrogen and oxygen atoms in total. The predicted octanol–water partition coefficient (Wildman–Crippen LogP) is 3.10. The van der Waals surface area contributed by atoms with E-state index in [0.29, 0.717) is 23.7 Å². The van der Waals surface area contributed by atoms with Crippen molar-refractivity contribution in [3.05, 3.63) is 48.0 Å². The molecule has 2 aromatic carbocycles. The Morgan fingerprint density at radius 3 is 2.71 bits per heavy atom. The number of para-hydroxylation sites is 1. The Morgan fingerprint density at radius 2 is 1.92 bits per heavy atom. The molecule has 0 atom stereocenters. The maximum Gasteiger partial charge on any atom is 0.243 e. The van der Waals surface area contributed by atoms with Crippen LogP contribution in [0.3, 0.4) is 0 Å². The molecule has 1 heterocycles. The van der Waals surface area contributed by atoms with Gasteiger partial charge in [0.2, 0.25) is 5.91 Å². The van der Waals surface area contributed by atoms with Gasteiger partial charge in [-0.1, -0.05) is 18.2 Å². The second kappa shape index (κ2) is 7.25. The van der Waals surface area contributed by atoms with Gasteiger partial charge >= 0.3 is 0 Å². The summed E-state index contributed by atoms with van der Waals surface area (Å²) in [7, 11) is 3.16. The Kier molecular flexibility index (Phi) is 4.89. The van der Waals surface area contributed by atoms with Gasteiger partial charge in [0.1, 0.15) is 0 Å². The highest BCUT2D eigenvalue weighted by molar-refractivity contribution is 5.94. The van der Waals surface area contributed by atoms with Gasteiger partial charge in [-0.2, -0.15) is 0 Å². The van der Waals surface area contributed by atoms with Gasteiger partial charge in [0, 0.05) is 24.0 Å². The number of hydrogen-bond donors (Lipinski definition) is 1. The molecular formula is C19H22N2O3. The van der Waals surface area contributed by atoms with Crippen molar-refractivity contribution in [2.45, 2.75) is 12.8 Å². The van der Waals surface area contributed by atoms with E-state index in [0.717, 1.165) is 25.1 Å². The van der Waals surface area contributed by atoms with E-state index in [-0.39, 0.29) is 5.91 Å². The minimum atomic E-state index is -0.0427. The molecule has 0 bridgehead atoms. The molecule has 0 radical (unpaired) electrons. The van der Waals surface area contributed by atoms with Gasteiger partial charge in [-0.3, -0.25) is 4.79 Å². The molecule has 1 aliphatic rings. The van der Waals surface area contributed by atoms with Crippen LogP contribution in [0.15, 0.2) is 42.5 Å². The third-order valence-electron chi connectivity index (χ3n) is 4.21. The van der Waals surface area contributed by atoms with Gasteiger partial charge in [0.25, 0.3) is 0 Å². The lowest BCUT2D eigenvalue weighted by Gasteiger charge is -2.30. The second-order valence-electron chi connectivity index (χ2n) is 5.77. The number of carbonyl (C=O) groups is 1. The number of nitrogens with one attached hydrogen (secondary N) is 1. The molecule has 126 valence electrons. The Labute approximate surface area is 142 Å². The summed E-state index contributed by atoms with van der Waals surface area (Å²) < 4.78 is 10.5. The van der Waals surface area contributed by atoms with Crippen molar-refractivity contribution in [2.24, 2.45) is 0 Å². The van der Waals surface area contributed by atoms with Crippen LogP contribution in [0.4, 0.5) is 11.4 Å². The first kappa shape index (κ1) is 16.2. The number of hydrogen-bond acceptors (Lipinski definition) is 4. The molecule has 1 aliphatic heterocycles. The van der Waals surface area contributed by atoms with Crippen LogP contribution in [0, 0.1) is 0 Å². The fourth-order valence-corrected chi connectivity index (χ4v) is 3.06. The molecule has 3 rings (SSSR count). The van der Waals surface area contributed by atoms with E-state index in [2.05, 4.69) is 22.3 Å². The molecule has 1 N–H and O–H groups in total. The van der Waals surface area contributed by atoms with E-state index in [4.69, 9.17) is 9.47 Å². The summed E-state index contributed by atoms with van der Waals surface area (Å²) in [6, 6.07) is 13.6. The lowest BCUT2D eigenvalue weighted by Crippen LogP contribution is -2.36. The lowest BCUT2D eigenvalue weighted by atomic mass is 10.0. The number of carbonyl (C=O) groups excluding carboxylic acids is 1. The van der Waals surface area contributed by atoms with Gasteiger partial charge < -0.3 is 19.7 Å². The highest BCUT2D eigenvalue weighted by Gasteiger charge is 2.18. The molecule has 0 fully saturated rings. The SMILES string of the molecule is COc1ccc(NC(=O)CN2CCCc3ccccc32)cc1OC. The normalized spacial score (nSPS) is 13.2. The maximum absolute atomic E-state index is 12.4. The maximum atomic E-state index is 12.4. The van der Waals surface area contributed by atoms with Crippen molar-refractivity contribution < 1.29 is 14.3 Å². The highest BCUT2D eigenvalue weighted by Crippen LogP contribution is 2.30. The van der Waals surface area contributed by atoms with Gasteiger partial charge in [-0.05, 0) is 36.6 Å². The van der Waals surface area contributed by atoms with Crippen LogP contribution in [-0.4, -0.2) is 33.2 Å². The van der Waals surface area contributed by atoms with E-state index in [1.165, 1.54) is 5.56 Å². The number of amides is 1. The average molecular weight is 326 g/mol. The zero-order chi connectivity index (χ0) is 16.9. The molecule has 5 heteroatoms. The first-order valence-corrected chi connectivity index (χ1v) is 8.06. The van der Waals surface area contributed by atoms with Gasteiger partial charge in [0.15, 0.2) is 11.5 Å². The fourth-order valence-electron chi connectivity index (χ4n) is 3.06. The number of ether oxygens (including phenoxy) is 2. The summed E-state index contributed by atoms with van der Waals surface area (Å²) in [5.74, 6) is 1.19. The van der Waals surface area contributed by atoms with E-state index >= 15 is 0 Å². The minimum absolute atomic E-state index is 0.0427. The number of benzene rings is 2. The zero-order valence-electron chi connectivity index (χ0n) is 14.0. The molecule has 0 aliphatic carbocycles. The van der Waals surface area contributed by atoms with Crippen molar-refractivity contribution in [1.29, 1.82) is 0 Å². The quantitative estimate of drug-likeness (QED) is 0.917. The van der Waals surface area contributed by atoms with E-state index in [1.54, 1.807) is 26.4 Å². The lowest BCUT2D eigenvalue weighted by molar-refractivity contribution is -0.115. The Morgan fingerprint density at radius 1 is 1.12 bits per heavy atom. The molecular weight excluding hydrogens is 304 g/mol. The molecule has 0 aromatic heterocycles. The standard InChI is InChI=1S/C19H22N2O3/c1-23-17-10-9-15(12-18(17)24-2)20-19(22)13-21-11-5-7-14-6-3-4-8-16(14)21/h3-4,6,8-10,12H,5,7,11,13H2,1-2H3,(H,20,22). The summed E-state index contributed by atoms with van der Waals surface area (Å²) in [5.41, 5.74) is 3.16. The largest absolute Gasteiger partial charge is 0.493 e. The van der Waals surface area contributed by atoms with Crippen LogP contribution < -0.4 is 19.7 Å². The van der Waals surface area contributed by atoms with E-state index < -0.39 is 0 Å². The highest BCUT2D eigenvalue weighted by atomic mass is 16.5. The summed E-state index contributed by atoms with van der Waals surface area (Å²) in [6.07, 6.45) is 2.14. The van der Waals surface area contributed by atoms with Crippen molar-refractivity contribution in [2.75, 3.05) is 37.5 Å². The number of anilines is 2. The predicted molar refractivity (Wildman–Crippen MR) is 95.2 cm³/mol. The molecule has 0 saturated heterocycles. The van der Waals surface area contributed by atoms with Crippen LogP contribution in [0.25, 0.3) is 0 Å². The number of nitrogens with zero attached hydrogens (tertiary/aromatic N) is 1. The van der Waals surface area contributed by atoms with Gasteiger partial charge in [0.05, 0.1) is 20.8 Å². The Balaban J connectivity index is 1.69. The van der Waals surface area contributed by atoms with Crippen molar-refractivity contribution >= 4 is 17.3 Å². The summed E-state index contributed by atoms with van der Waals surface area (Å²) in [5, 5.41) is 2.93. The first-order chi connectivity index (χ1) is 11.7. The van der Waals surface area contributed by atoms with Crippen molar-refractivity contribution in [3.63, 3.8) is 0 Å². The van der Waals surface area contributed by atoms with Crippen LogP contribution >= 0.6 is 0 Å². The van der Waals surface area contributed by atoms with Crippen LogP contribution in [0.5, 0.6) is 11.5 Å². The van der Waals surface area contributed by atoms with Gasteiger partial charge in [-0.15, -0.1) is 0 Å². The van der Waals surface area contributed by atoms with Crippen LogP contribution in [0.1, 0.15) is 12.0 Å².